The molecule has 0 bridgehead atoms. The Bertz CT molecular complexity index is 1300. The van der Waals surface area contributed by atoms with Crippen LogP contribution >= 0.6 is 0 Å². The third-order valence-electron chi connectivity index (χ3n) is 6.52. The lowest BCUT2D eigenvalue weighted by Gasteiger charge is -2.24. The second-order valence-electron chi connectivity index (χ2n) is 9.95. The van der Waals surface area contributed by atoms with Gasteiger partial charge in [-0.2, -0.15) is 10.2 Å². The maximum absolute atomic E-state index is 13.2. The lowest BCUT2D eigenvalue weighted by atomic mass is 9.93. The van der Waals surface area contributed by atoms with E-state index in [1.807, 2.05) is 6.92 Å². The molecule has 0 aromatic heterocycles. The standard InChI is InChI=1S/C32H35FN4/c1-21(2)18-19-34-23(5)24-12-16-29(17-13-24)35-32(22(3)4)27-8-6-25(7-9-27)30-20-31(37-36-30)26-10-14-28(33)15-11-26/h6-17,22,32,34-35H,1,5,18-20H2,2-4H3. The number of hydrogen-bond donors (Lipinski definition) is 2. The van der Waals surface area contributed by atoms with Gasteiger partial charge >= 0.3 is 0 Å². The van der Waals surface area contributed by atoms with E-state index < -0.39 is 0 Å². The summed E-state index contributed by atoms with van der Waals surface area (Å²) in [6, 6.07) is 23.5. The number of rotatable bonds is 11. The molecule has 0 saturated carbocycles. The van der Waals surface area contributed by atoms with Crippen LogP contribution < -0.4 is 10.6 Å². The molecule has 1 aliphatic rings. The highest BCUT2D eigenvalue weighted by Crippen LogP contribution is 2.28. The predicted octanol–water partition coefficient (Wildman–Crippen LogP) is 7.76. The first kappa shape index (κ1) is 26.1. The molecule has 3 aromatic carbocycles. The molecule has 190 valence electrons. The summed E-state index contributed by atoms with van der Waals surface area (Å²) < 4.78 is 13.2. The highest BCUT2D eigenvalue weighted by atomic mass is 19.1. The normalized spacial score (nSPS) is 13.6. The summed E-state index contributed by atoms with van der Waals surface area (Å²) >= 11 is 0. The Labute approximate surface area is 219 Å². The van der Waals surface area contributed by atoms with Gasteiger partial charge < -0.3 is 10.6 Å². The quantitative estimate of drug-likeness (QED) is 0.268. The second-order valence-corrected chi connectivity index (χ2v) is 9.95. The summed E-state index contributed by atoms with van der Waals surface area (Å²) in [4.78, 5) is 0. The van der Waals surface area contributed by atoms with Gasteiger partial charge in [-0.15, -0.1) is 6.58 Å². The molecule has 4 nitrogen and oxygen atoms in total. The van der Waals surface area contributed by atoms with Crippen LogP contribution in [0.3, 0.4) is 0 Å². The van der Waals surface area contributed by atoms with E-state index in [0.717, 1.165) is 58.0 Å². The Morgan fingerprint density at radius 2 is 1.43 bits per heavy atom. The molecular weight excluding hydrogens is 459 g/mol. The molecule has 5 heteroatoms. The lowest BCUT2D eigenvalue weighted by molar-refractivity contribution is 0.546. The molecule has 1 aliphatic heterocycles. The van der Waals surface area contributed by atoms with E-state index in [0.29, 0.717) is 12.3 Å². The lowest BCUT2D eigenvalue weighted by Crippen LogP contribution is -2.17. The average molecular weight is 495 g/mol. The summed E-state index contributed by atoms with van der Waals surface area (Å²) in [5, 5.41) is 15.8. The Hall–Kier alpha value is -3.99. The smallest absolute Gasteiger partial charge is 0.123 e. The molecule has 0 spiro atoms. The van der Waals surface area contributed by atoms with Crippen LogP contribution in [0, 0.1) is 11.7 Å². The van der Waals surface area contributed by atoms with E-state index in [-0.39, 0.29) is 11.9 Å². The molecule has 0 amide bonds. The van der Waals surface area contributed by atoms with Crippen LogP contribution in [0.1, 0.15) is 61.9 Å². The van der Waals surface area contributed by atoms with Crippen molar-refractivity contribution in [1.82, 2.24) is 5.32 Å². The first-order valence-corrected chi connectivity index (χ1v) is 12.7. The number of benzene rings is 3. The van der Waals surface area contributed by atoms with Gasteiger partial charge in [0.15, 0.2) is 0 Å². The number of hydrogen-bond acceptors (Lipinski definition) is 4. The minimum Gasteiger partial charge on any atom is -0.385 e. The molecule has 1 heterocycles. The van der Waals surface area contributed by atoms with Crippen molar-refractivity contribution in [3.63, 3.8) is 0 Å². The fourth-order valence-electron chi connectivity index (χ4n) is 4.31. The maximum atomic E-state index is 13.2. The predicted molar refractivity (Wildman–Crippen MR) is 155 cm³/mol. The van der Waals surface area contributed by atoms with E-state index in [1.165, 1.54) is 17.7 Å². The highest BCUT2D eigenvalue weighted by molar-refractivity contribution is 6.20. The second kappa shape index (κ2) is 11.8. The van der Waals surface area contributed by atoms with Crippen molar-refractivity contribution < 1.29 is 4.39 Å². The number of anilines is 1. The van der Waals surface area contributed by atoms with Gasteiger partial charge in [-0.25, -0.2) is 4.39 Å². The molecule has 4 rings (SSSR count). The minimum absolute atomic E-state index is 0.160. The largest absolute Gasteiger partial charge is 0.385 e. The summed E-state index contributed by atoms with van der Waals surface area (Å²) in [6.45, 7) is 15.4. The van der Waals surface area contributed by atoms with Crippen molar-refractivity contribution in [2.45, 2.75) is 39.7 Å². The molecule has 2 N–H and O–H groups in total. The zero-order chi connectivity index (χ0) is 26.4. The fraction of sp³-hybridized carbons (Fsp3) is 0.250. The molecule has 0 fully saturated rings. The van der Waals surface area contributed by atoms with E-state index in [9.17, 15) is 4.39 Å². The van der Waals surface area contributed by atoms with Gasteiger partial charge in [0.1, 0.15) is 5.82 Å². The molecule has 3 aromatic rings. The zero-order valence-corrected chi connectivity index (χ0v) is 21.9. The Morgan fingerprint density at radius 3 is 1.97 bits per heavy atom. The van der Waals surface area contributed by atoms with Crippen molar-refractivity contribution in [2.75, 3.05) is 11.9 Å². The van der Waals surface area contributed by atoms with Crippen LogP contribution in [0.5, 0.6) is 0 Å². The first-order valence-electron chi connectivity index (χ1n) is 12.7. The highest BCUT2D eigenvalue weighted by Gasteiger charge is 2.19. The van der Waals surface area contributed by atoms with Gasteiger partial charge in [0.25, 0.3) is 0 Å². The van der Waals surface area contributed by atoms with Gasteiger partial charge in [-0.3, -0.25) is 0 Å². The maximum Gasteiger partial charge on any atom is 0.123 e. The van der Waals surface area contributed by atoms with Crippen LogP contribution in [0.4, 0.5) is 10.1 Å². The van der Waals surface area contributed by atoms with Gasteiger partial charge in [0, 0.05) is 24.4 Å². The summed E-state index contributed by atoms with van der Waals surface area (Å²) in [5.41, 5.74) is 9.18. The molecular formula is C32H35FN4. The summed E-state index contributed by atoms with van der Waals surface area (Å²) in [7, 11) is 0. The number of nitrogens with zero attached hydrogens (tertiary/aromatic N) is 2. The first-order chi connectivity index (χ1) is 17.8. The van der Waals surface area contributed by atoms with E-state index in [1.54, 1.807) is 12.1 Å². The molecule has 0 aliphatic carbocycles. The van der Waals surface area contributed by atoms with Crippen LogP contribution in [-0.4, -0.2) is 18.0 Å². The van der Waals surface area contributed by atoms with E-state index in [4.69, 9.17) is 0 Å². The minimum atomic E-state index is -0.250. The fourth-order valence-corrected chi connectivity index (χ4v) is 4.31. The van der Waals surface area contributed by atoms with Crippen molar-refractivity contribution in [2.24, 2.45) is 16.1 Å². The van der Waals surface area contributed by atoms with Gasteiger partial charge in [0.05, 0.1) is 17.5 Å². The zero-order valence-electron chi connectivity index (χ0n) is 21.9. The van der Waals surface area contributed by atoms with Crippen molar-refractivity contribution in [3.8, 4) is 0 Å². The van der Waals surface area contributed by atoms with Crippen molar-refractivity contribution in [1.29, 1.82) is 0 Å². The van der Waals surface area contributed by atoms with Gasteiger partial charge in [0.2, 0.25) is 0 Å². The van der Waals surface area contributed by atoms with E-state index in [2.05, 4.69) is 96.4 Å². The van der Waals surface area contributed by atoms with E-state index >= 15 is 0 Å². The monoisotopic (exact) mass is 494 g/mol. The average Bonchev–Trinajstić information content (AvgIpc) is 3.38. The van der Waals surface area contributed by atoms with Crippen LogP contribution in [0.15, 0.2) is 102 Å². The third-order valence-corrected chi connectivity index (χ3v) is 6.52. The van der Waals surface area contributed by atoms with Gasteiger partial charge in [-0.05, 0) is 65.8 Å². The Balaban J connectivity index is 1.38. The molecule has 0 radical (unpaired) electrons. The van der Waals surface area contributed by atoms with Crippen molar-refractivity contribution in [3.05, 3.63) is 120 Å². The molecule has 1 atom stereocenters. The molecule has 37 heavy (non-hydrogen) atoms. The topological polar surface area (TPSA) is 48.8 Å². The summed E-state index contributed by atoms with van der Waals surface area (Å²) in [6.07, 6.45) is 1.57. The van der Waals surface area contributed by atoms with Crippen LogP contribution in [0.25, 0.3) is 5.70 Å². The Morgan fingerprint density at radius 1 is 0.865 bits per heavy atom. The number of nitrogens with one attached hydrogen (secondary N) is 2. The third kappa shape index (κ3) is 6.82. The SMILES string of the molecule is C=C(C)CCNC(=C)c1ccc(NC(c2ccc(C3=NN=C(c4ccc(F)cc4)C3)cc2)C(C)C)cc1. The number of halogens is 1. The Kier molecular flexibility index (Phi) is 8.34. The van der Waals surface area contributed by atoms with Gasteiger partial charge in [-0.1, -0.05) is 74.5 Å². The van der Waals surface area contributed by atoms with Crippen LogP contribution in [0.2, 0.25) is 0 Å². The van der Waals surface area contributed by atoms with Crippen molar-refractivity contribution >= 4 is 22.8 Å². The van der Waals surface area contributed by atoms with Crippen LogP contribution in [-0.2, 0) is 0 Å². The molecule has 0 saturated heterocycles. The summed E-state index contributed by atoms with van der Waals surface area (Å²) in [5.74, 6) is 0.140. The molecule has 1 unspecified atom stereocenters.